The van der Waals surface area contributed by atoms with Gasteiger partial charge in [-0.25, -0.2) is 0 Å². The minimum absolute atomic E-state index is 0.00422. The Bertz CT molecular complexity index is 657. The number of thioether (sulfide) groups is 1. The molecular formula is C18H20ClNOS. The number of carbonyl (C=O) groups excluding carboxylic acids is 1. The van der Waals surface area contributed by atoms with Gasteiger partial charge < -0.3 is 5.32 Å². The van der Waals surface area contributed by atoms with Crippen molar-refractivity contribution in [1.29, 1.82) is 0 Å². The molecule has 4 heteroatoms. The highest BCUT2D eigenvalue weighted by atomic mass is 35.5. The van der Waals surface area contributed by atoms with Crippen LogP contribution < -0.4 is 5.32 Å². The first-order chi connectivity index (χ1) is 10.6. The average molecular weight is 334 g/mol. The van der Waals surface area contributed by atoms with Gasteiger partial charge in [-0.05, 0) is 43.2 Å². The Labute approximate surface area is 141 Å². The molecule has 0 aliphatic carbocycles. The number of hydrogen-bond donors (Lipinski definition) is 1. The maximum atomic E-state index is 12.2. The van der Waals surface area contributed by atoms with Gasteiger partial charge in [0.2, 0.25) is 0 Å². The fraction of sp³-hybridized carbons (Fsp3) is 0.278. The third-order valence-corrected chi connectivity index (χ3v) is 4.59. The van der Waals surface area contributed by atoms with E-state index in [1.807, 2.05) is 50.2 Å². The molecular weight excluding hydrogens is 314 g/mol. The number of hydrogen-bond acceptors (Lipinski definition) is 2. The Balaban J connectivity index is 1.74. The van der Waals surface area contributed by atoms with Gasteiger partial charge >= 0.3 is 0 Å². The zero-order valence-corrected chi connectivity index (χ0v) is 14.4. The number of benzene rings is 2. The van der Waals surface area contributed by atoms with Crippen molar-refractivity contribution < 1.29 is 4.79 Å². The van der Waals surface area contributed by atoms with Crippen molar-refractivity contribution in [2.45, 2.75) is 19.6 Å². The van der Waals surface area contributed by atoms with Crippen LogP contribution in [-0.2, 0) is 5.75 Å². The summed E-state index contributed by atoms with van der Waals surface area (Å²) in [5, 5.41) is 3.74. The van der Waals surface area contributed by atoms with E-state index >= 15 is 0 Å². The highest BCUT2D eigenvalue weighted by Crippen LogP contribution is 2.16. The van der Waals surface area contributed by atoms with Gasteiger partial charge in [-0.1, -0.05) is 41.4 Å². The average Bonchev–Trinajstić information content (AvgIpc) is 2.49. The second-order valence-corrected chi connectivity index (χ2v) is 6.80. The van der Waals surface area contributed by atoms with Crippen molar-refractivity contribution >= 4 is 29.3 Å². The van der Waals surface area contributed by atoms with Crippen molar-refractivity contribution in [3.8, 4) is 0 Å². The van der Waals surface area contributed by atoms with Crippen molar-refractivity contribution in [2.75, 3.05) is 12.3 Å². The van der Waals surface area contributed by atoms with Crippen LogP contribution in [0.5, 0.6) is 0 Å². The zero-order valence-electron chi connectivity index (χ0n) is 12.9. The van der Waals surface area contributed by atoms with Crippen LogP contribution in [0.1, 0.15) is 27.0 Å². The molecule has 0 radical (unpaired) electrons. The van der Waals surface area contributed by atoms with E-state index in [0.29, 0.717) is 6.54 Å². The number of carbonyl (C=O) groups is 1. The molecule has 116 valence electrons. The van der Waals surface area contributed by atoms with Crippen LogP contribution in [0.3, 0.4) is 0 Å². The molecule has 0 saturated heterocycles. The summed E-state index contributed by atoms with van der Waals surface area (Å²) >= 11 is 7.74. The van der Waals surface area contributed by atoms with Crippen LogP contribution in [0.15, 0.2) is 42.5 Å². The molecule has 2 aromatic carbocycles. The van der Waals surface area contributed by atoms with Gasteiger partial charge in [0.15, 0.2) is 0 Å². The SMILES string of the molecule is Cc1ccc(C)c(C(=O)NCCSCc2cccc(Cl)c2)c1. The van der Waals surface area contributed by atoms with Gasteiger partial charge in [0.25, 0.3) is 5.91 Å². The third kappa shape index (κ3) is 5.08. The lowest BCUT2D eigenvalue weighted by atomic mass is 10.1. The summed E-state index contributed by atoms with van der Waals surface area (Å²) in [5.41, 5.74) is 4.08. The molecule has 0 saturated carbocycles. The Hall–Kier alpha value is -1.45. The van der Waals surface area contributed by atoms with Crippen molar-refractivity contribution in [3.63, 3.8) is 0 Å². The molecule has 22 heavy (non-hydrogen) atoms. The van der Waals surface area contributed by atoms with Crippen molar-refractivity contribution in [1.82, 2.24) is 5.32 Å². The van der Waals surface area contributed by atoms with Gasteiger partial charge in [-0.2, -0.15) is 11.8 Å². The second kappa shape index (κ2) is 8.25. The number of aryl methyl sites for hydroxylation is 2. The van der Waals surface area contributed by atoms with E-state index in [4.69, 9.17) is 11.6 Å². The van der Waals surface area contributed by atoms with E-state index in [0.717, 1.165) is 33.2 Å². The molecule has 1 N–H and O–H groups in total. The van der Waals surface area contributed by atoms with Gasteiger partial charge in [0.1, 0.15) is 0 Å². The third-order valence-electron chi connectivity index (χ3n) is 3.33. The molecule has 0 spiro atoms. The van der Waals surface area contributed by atoms with E-state index in [1.165, 1.54) is 5.56 Å². The first-order valence-corrected chi connectivity index (χ1v) is 8.77. The lowest BCUT2D eigenvalue weighted by Crippen LogP contribution is -2.26. The van der Waals surface area contributed by atoms with Crippen LogP contribution in [0.25, 0.3) is 0 Å². The van der Waals surface area contributed by atoms with Crippen LogP contribution in [-0.4, -0.2) is 18.2 Å². The molecule has 0 aliphatic heterocycles. The number of amides is 1. The van der Waals surface area contributed by atoms with E-state index < -0.39 is 0 Å². The molecule has 0 heterocycles. The Morgan fingerprint density at radius 3 is 2.77 bits per heavy atom. The molecule has 2 rings (SSSR count). The van der Waals surface area contributed by atoms with Gasteiger partial charge in [0, 0.05) is 28.6 Å². The summed E-state index contributed by atoms with van der Waals surface area (Å²) in [4.78, 5) is 12.2. The van der Waals surface area contributed by atoms with Gasteiger partial charge in [-0.3, -0.25) is 4.79 Å². The van der Waals surface area contributed by atoms with E-state index in [9.17, 15) is 4.79 Å². The number of rotatable bonds is 6. The first-order valence-electron chi connectivity index (χ1n) is 7.24. The maximum absolute atomic E-state index is 12.2. The quantitative estimate of drug-likeness (QED) is 0.781. The van der Waals surface area contributed by atoms with Crippen LogP contribution in [0, 0.1) is 13.8 Å². The molecule has 0 bridgehead atoms. The normalized spacial score (nSPS) is 10.5. The predicted molar refractivity (Wildman–Crippen MR) is 95.9 cm³/mol. The van der Waals surface area contributed by atoms with Gasteiger partial charge in [-0.15, -0.1) is 0 Å². The first kappa shape index (κ1) is 16.9. The largest absolute Gasteiger partial charge is 0.351 e. The standard InChI is InChI=1S/C18H20ClNOS/c1-13-6-7-14(2)17(10-13)18(21)20-8-9-22-12-15-4-3-5-16(19)11-15/h3-7,10-11H,8-9,12H2,1-2H3,(H,20,21). The monoisotopic (exact) mass is 333 g/mol. The lowest BCUT2D eigenvalue weighted by Gasteiger charge is -2.08. The summed E-state index contributed by atoms with van der Waals surface area (Å²) in [5.74, 6) is 1.78. The maximum Gasteiger partial charge on any atom is 0.251 e. The summed E-state index contributed by atoms with van der Waals surface area (Å²) in [6.45, 7) is 4.62. The number of halogens is 1. The summed E-state index contributed by atoms with van der Waals surface area (Å²) in [6, 6.07) is 13.8. The molecule has 1 amide bonds. The van der Waals surface area contributed by atoms with Crippen molar-refractivity contribution in [2.24, 2.45) is 0 Å². The Morgan fingerprint density at radius 2 is 2.00 bits per heavy atom. The molecule has 0 unspecified atom stereocenters. The summed E-state index contributed by atoms with van der Waals surface area (Å²) < 4.78 is 0. The topological polar surface area (TPSA) is 29.1 Å². The second-order valence-electron chi connectivity index (χ2n) is 5.26. The highest BCUT2D eigenvalue weighted by Gasteiger charge is 2.08. The molecule has 0 fully saturated rings. The minimum Gasteiger partial charge on any atom is -0.351 e. The molecule has 2 nitrogen and oxygen atoms in total. The van der Waals surface area contributed by atoms with Gasteiger partial charge in [0.05, 0.1) is 0 Å². The van der Waals surface area contributed by atoms with Crippen LogP contribution >= 0.6 is 23.4 Å². The Morgan fingerprint density at radius 1 is 1.18 bits per heavy atom. The molecule has 0 aliphatic rings. The van der Waals surface area contributed by atoms with E-state index in [1.54, 1.807) is 11.8 Å². The molecule has 0 aromatic heterocycles. The highest BCUT2D eigenvalue weighted by molar-refractivity contribution is 7.98. The van der Waals surface area contributed by atoms with Crippen molar-refractivity contribution in [3.05, 3.63) is 69.7 Å². The summed E-state index contributed by atoms with van der Waals surface area (Å²) in [6.07, 6.45) is 0. The Kier molecular flexibility index (Phi) is 6.34. The predicted octanol–water partition coefficient (Wildman–Crippen LogP) is 4.62. The minimum atomic E-state index is 0.00422. The van der Waals surface area contributed by atoms with Crippen LogP contribution in [0.4, 0.5) is 0 Å². The van der Waals surface area contributed by atoms with E-state index in [2.05, 4.69) is 11.4 Å². The fourth-order valence-electron chi connectivity index (χ4n) is 2.13. The fourth-order valence-corrected chi connectivity index (χ4v) is 3.15. The molecule has 0 atom stereocenters. The van der Waals surface area contributed by atoms with Crippen LogP contribution in [0.2, 0.25) is 5.02 Å². The van der Waals surface area contributed by atoms with E-state index in [-0.39, 0.29) is 5.91 Å². The zero-order chi connectivity index (χ0) is 15.9. The lowest BCUT2D eigenvalue weighted by molar-refractivity contribution is 0.0955. The smallest absolute Gasteiger partial charge is 0.251 e. The number of nitrogens with one attached hydrogen (secondary N) is 1. The summed E-state index contributed by atoms with van der Waals surface area (Å²) in [7, 11) is 0. The molecule has 2 aromatic rings.